The Hall–Kier alpha value is -1.05. The van der Waals surface area contributed by atoms with Crippen LogP contribution in [-0.4, -0.2) is 11.1 Å². The number of carboxylic acids is 1. The van der Waals surface area contributed by atoms with Gasteiger partial charge in [0.15, 0.2) is 0 Å². The van der Waals surface area contributed by atoms with Crippen LogP contribution in [-0.2, 0) is 4.79 Å². The molecular weight excluding hydrogens is 164 g/mol. The van der Waals surface area contributed by atoms with Gasteiger partial charge in [-0.15, -0.1) is 6.58 Å². The minimum Gasteiger partial charge on any atom is -0.481 e. The van der Waals surface area contributed by atoms with Crippen molar-refractivity contribution >= 4 is 5.97 Å². The largest absolute Gasteiger partial charge is 0.481 e. The second-order valence-corrected chi connectivity index (χ2v) is 3.99. The van der Waals surface area contributed by atoms with Crippen LogP contribution in [0.3, 0.4) is 0 Å². The number of aliphatic carboxylic acids is 1. The lowest BCUT2D eigenvalue weighted by molar-refractivity contribution is -0.139. The van der Waals surface area contributed by atoms with Crippen LogP contribution >= 0.6 is 0 Å². The van der Waals surface area contributed by atoms with Crippen molar-refractivity contribution in [2.24, 2.45) is 17.8 Å². The van der Waals surface area contributed by atoms with E-state index in [4.69, 9.17) is 5.11 Å². The van der Waals surface area contributed by atoms with E-state index in [1.807, 2.05) is 0 Å². The molecule has 2 nitrogen and oxygen atoms in total. The predicted octanol–water partition coefficient (Wildman–Crippen LogP) is 2.23. The first-order valence-corrected chi connectivity index (χ1v) is 4.79. The van der Waals surface area contributed by atoms with Gasteiger partial charge >= 0.3 is 5.97 Å². The van der Waals surface area contributed by atoms with E-state index in [0.29, 0.717) is 11.8 Å². The standard InChI is InChI=1S/C11H14O2/c1-2-9(11(12)13)10-6-7-3-4-8(10)5-7/h2,6-9H,1,3-5H2,(H,12,13). The Morgan fingerprint density at radius 2 is 2.46 bits per heavy atom. The molecule has 0 aromatic rings. The lowest BCUT2D eigenvalue weighted by Gasteiger charge is -2.17. The number of fused-ring (bicyclic) bond motifs is 2. The SMILES string of the molecule is C=CC(C(=O)O)C1=CC2CCC1C2. The predicted molar refractivity (Wildman–Crippen MR) is 50.2 cm³/mol. The molecule has 0 amide bonds. The van der Waals surface area contributed by atoms with Gasteiger partial charge in [0, 0.05) is 0 Å². The van der Waals surface area contributed by atoms with E-state index in [1.165, 1.54) is 19.3 Å². The summed E-state index contributed by atoms with van der Waals surface area (Å²) in [6.45, 7) is 3.59. The van der Waals surface area contributed by atoms with E-state index in [2.05, 4.69) is 12.7 Å². The van der Waals surface area contributed by atoms with Crippen molar-refractivity contribution in [2.45, 2.75) is 19.3 Å². The Labute approximate surface area is 78.0 Å². The molecule has 0 radical (unpaired) electrons. The van der Waals surface area contributed by atoms with Gasteiger partial charge in [-0.3, -0.25) is 4.79 Å². The fourth-order valence-corrected chi connectivity index (χ4v) is 2.62. The van der Waals surface area contributed by atoms with Gasteiger partial charge in [-0.1, -0.05) is 17.7 Å². The zero-order valence-corrected chi connectivity index (χ0v) is 7.57. The van der Waals surface area contributed by atoms with Crippen molar-refractivity contribution in [2.75, 3.05) is 0 Å². The first kappa shape index (κ1) is 8.54. The highest BCUT2D eigenvalue weighted by molar-refractivity contribution is 5.76. The second-order valence-electron chi connectivity index (χ2n) is 3.99. The van der Waals surface area contributed by atoms with Gasteiger partial charge in [0.2, 0.25) is 0 Å². The van der Waals surface area contributed by atoms with Crippen LogP contribution < -0.4 is 0 Å². The first-order valence-electron chi connectivity index (χ1n) is 4.79. The molecular formula is C11H14O2. The molecule has 2 aliphatic carbocycles. The zero-order valence-electron chi connectivity index (χ0n) is 7.57. The fraction of sp³-hybridized carbons (Fsp3) is 0.545. The van der Waals surface area contributed by atoms with Crippen molar-refractivity contribution in [3.05, 3.63) is 24.3 Å². The summed E-state index contributed by atoms with van der Waals surface area (Å²) in [5, 5.41) is 8.95. The van der Waals surface area contributed by atoms with E-state index < -0.39 is 11.9 Å². The summed E-state index contributed by atoms with van der Waals surface area (Å²) in [6.07, 6.45) is 7.31. The van der Waals surface area contributed by atoms with Gasteiger partial charge in [-0.05, 0) is 31.1 Å². The molecule has 70 valence electrons. The average Bonchev–Trinajstić information content (AvgIpc) is 2.65. The monoisotopic (exact) mass is 178 g/mol. The van der Waals surface area contributed by atoms with Crippen LogP contribution in [0.2, 0.25) is 0 Å². The molecule has 1 N–H and O–H groups in total. The number of rotatable bonds is 3. The highest BCUT2D eigenvalue weighted by Crippen LogP contribution is 2.46. The summed E-state index contributed by atoms with van der Waals surface area (Å²) in [5.74, 6) is -0.00463. The van der Waals surface area contributed by atoms with Crippen molar-refractivity contribution in [1.29, 1.82) is 0 Å². The number of carboxylic acid groups (broad SMARTS) is 1. The quantitative estimate of drug-likeness (QED) is 0.673. The molecule has 2 bridgehead atoms. The molecule has 3 atom stereocenters. The number of hydrogen-bond acceptors (Lipinski definition) is 1. The number of hydrogen-bond donors (Lipinski definition) is 1. The van der Waals surface area contributed by atoms with Crippen molar-refractivity contribution in [3.8, 4) is 0 Å². The van der Waals surface area contributed by atoms with Gasteiger partial charge < -0.3 is 5.11 Å². The molecule has 2 rings (SSSR count). The van der Waals surface area contributed by atoms with Crippen LogP contribution in [0.4, 0.5) is 0 Å². The van der Waals surface area contributed by atoms with E-state index in [0.717, 1.165) is 5.57 Å². The fourth-order valence-electron chi connectivity index (χ4n) is 2.62. The van der Waals surface area contributed by atoms with Gasteiger partial charge in [0.05, 0.1) is 5.92 Å². The molecule has 1 saturated carbocycles. The molecule has 2 aliphatic rings. The topological polar surface area (TPSA) is 37.3 Å². The molecule has 0 aromatic heterocycles. The minimum atomic E-state index is -0.756. The van der Waals surface area contributed by atoms with Gasteiger partial charge in [-0.25, -0.2) is 0 Å². The molecule has 0 aliphatic heterocycles. The molecule has 0 aromatic carbocycles. The molecule has 0 saturated heterocycles. The van der Waals surface area contributed by atoms with Gasteiger partial charge in [-0.2, -0.15) is 0 Å². The summed E-state index contributed by atoms with van der Waals surface area (Å²) in [5.41, 5.74) is 1.11. The Morgan fingerprint density at radius 3 is 2.85 bits per heavy atom. The number of carbonyl (C=O) groups is 1. The summed E-state index contributed by atoms with van der Waals surface area (Å²) in [6, 6.07) is 0. The lowest BCUT2D eigenvalue weighted by atomic mass is 9.88. The maximum Gasteiger partial charge on any atom is 0.314 e. The van der Waals surface area contributed by atoms with Crippen molar-refractivity contribution in [1.82, 2.24) is 0 Å². The van der Waals surface area contributed by atoms with E-state index in [9.17, 15) is 4.79 Å². The smallest absolute Gasteiger partial charge is 0.314 e. The summed E-state index contributed by atoms with van der Waals surface area (Å²) in [7, 11) is 0. The third-order valence-electron chi connectivity index (χ3n) is 3.23. The highest BCUT2D eigenvalue weighted by Gasteiger charge is 2.37. The minimum absolute atomic E-state index is 0.435. The third-order valence-corrected chi connectivity index (χ3v) is 3.23. The Bertz CT molecular complexity index is 278. The third kappa shape index (κ3) is 1.30. The normalized spacial score (nSPS) is 32.8. The van der Waals surface area contributed by atoms with E-state index >= 15 is 0 Å². The molecule has 13 heavy (non-hydrogen) atoms. The van der Waals surface area contributed by atoms with Crippen LogP contribution in [0, 0.1) is 17.8 Å². The molecule has 1 fully saturated rings. The van der Waals surface area contributed by atoms with E-state index in [1.54, 1.807) is 6.08 Å². The Kier molecular flexibility index (Phi) is 1.98. The average molecular weight is 178 g/mol. The van der Waals surface area contributed by atoms with Crippen molar-refractivity contribution in [3.63, 3.8) is 0 Å². The molecule has 2 heteroatoms. The molecule has 0 spiro atoms. The van der Waals surface area contributed by atoms with Crippen LogP contribution in [0.25, 0.3) is 0 Å². The van der Waals surface area contributed by atoms with Gasteiger partial charge in [0.25, 0.3) is 0 Å². The molecule has 0 heterocycles. The first-order chi connectivity index (χ1) is 6.22. The van der Waals surface area contributed by atoms with Crippen molar-refractivity contribution < 1.29 is 9.90 Å². The highest BCUT2D eigenvalue weighted by atomic mass is 16.4. The maximum absolute atomic E-state index is 10.9. The van der Waals surface area contributed by atoms with Crippen LogP contribution in [0.1, 0.15) is 19.3 Å². The van der Waals surface area contributed by atoms with Gasteiger partial charge in [0.1, 0.15) is 0 Å². The maximum atomic E-state index is 10.9. The van der Waals surface area contributed by atoms with E-state index in [-0.39, 0.29) is 0 Å². The zero-order chi connectivity index (χ0) is 9.42. The van der Waals surface area contributed by atoms with Crippen LogP contribution in [0.15, 0.2) is 24.3 Å². The second kappa shape index (κ2) is 3.02. The summed E-state index contributed by atoms with van der Waals surface area (Å²) >= 11 is 0. The Morgan fingerprint density at radius 1 is 1.69 bits per heavy atom. The Balaban J connectivity index is 2.21. The molecule has 3 unspecified atom stereocenters. The number of allylic oxidation sites excluding steroid dienone is 1. The summed E-state index contributed by atoms with van der Waals surface area (Å²) in [4.78, 5) is 10.9. The summed E-state index contributed by atoms with van der Waals surface area (Å²) < 4.78 is 0. The van der Waals surface area contributed by atoms with Crippen LogP contribution in [0.5, 0.6) is 0 Å². The lowest BCUT2D eigenvalue weighted by Crippen LogP contribution is -2.17.